The molecule has 0 bridgehead atoms. The number of ether oxygens (including phenoxy) is 1. The Kier molecular flexibility index (Phi) is 6.72. The number of halogens is 1. The third-order valence-electron chi connectivity index (χ3n) is 6.21. The molecule has 1 aromatic rings. The molecule has 2 saturated heterocycles. The third-order valence-corrected chi connectivity index (χ3v) is 7.47. The lowest BCUT2D eigenvalue weighted by Gasteiger charge is -2.45. The molecule has 3 heterocycles. The van der Waals surface area contributed by atoms with E-state index in [9.17, 15) is 4.79 Å². The zero-order valence-corrected chi connectivity index (χ0v) is 20.9. The Morgan fingerprint density at radius 3 is 2.55 bits per heavy atom. The van der Waals surface area contributed by atoms with Gasteiger partial charge in [-0.3, -0.25) is 4.68 Å². The molecule has 1 amide bonds. The highest BCUT2D eigenvalue weighted by atomic mass is 127. The first-order chi connectivity index (χ1) is 13.6. The van der Waals surface area contributed by atoms with Gasteiger partial charge in [0.25, 0.3) is 0 Å². The molecule has 0 spiro atoms. The largest absolute Gasteiger partial charge is 0.444 e. The van der Waals surface area contributed by atoms with Crippen LogP contribution in [0.4, 0.5) is 10.6 Å². The molecule has 0 saturated carbocycles. The van der Waals surface area contributed by atoms with Crippen LogP contribution < -0.4 is 10.2 Å². The van der Waals surface area contributed by atoms with Crippen LogP contribution in [0, 0.1) is 10.5 Å². The highest BCUT2D eigenvalue weighted by Gasteiger charge is 2.37. The summed E-state index contributed by atoms with van der Waals surface area (Å²) in [6, 6.07) is 0.326. The van der Waals surface area contributed by atoms with Crippen molar-refractivity contribution in [1.82, 2.24) is 20.0 Å². The fraction of sp³-hybridized carbons (Fsp3) is 0.810. The first-order valence-electron chi connectivity index (χ1n) is 10.8. The van der Waals surface area contributed by atoms with Crippen LogP contribution in [-0.2, 0) is 4.74 Å². The Morgan fingerprint density at radius 2 is 1.97 bits per heavy atom. The standard InChI is InChI=1S/C21H36IN5O2/c1-7-21(6)14-23-10-13-26(21)18-17(22)15(2)27(24-18)16-8-11-25(12-9-16)19(28)29-20(3,4)5/h16,23H,7-14H2,1-6H3/t21-/m0/s1. The quantitative estimate of drug-likeness (QED) is 0.616. The molecular weight excluding hydrogens is 481 g/mol. The number of hydrogen-bond acceptors (Lipinski definition) is 5. The average molecular weight is 517 g/mol. The second-order valence-electron chi connectivity index (χ2n) is 9.55. The summed E-state index contributed by atoms with van der Waals surface area (Å²) < 4.78 is 8.99. The van der Waals surface area contributed by atoms with Crippen molar-refractivity contribution < 1.29 is 9.53 Å². The number of nitrogens with one attached hydrogen (secondary N) is 1. The first-order valence-corrected chi connectivity index (χ1v) is 11.8. The number of aromatic nitrogens is 2. The van der Waals surface area contributed by atoms with E-state index in [0.717, 1.165) is 44.7 Å². The van der Waals surface area contributed by atoms with E-state index in [1.54, 1.807) is 0 Å². The predicted octanol–water partition coefficient (Wildman–Crippen LogP) is 3.95. The minimum absolute atomic E-state index is 0.0872. The van der Waals surface area contributed by atoms with Gasteiger partial charge in [0.2, 0.25) is 0 Å². The number of piperidine rings is 1. The van der Waals surface area contributed by atoms with Crippen molar-refractivity contribution >= 4 is 34.5 Å². The molecule has 0 aromatic carbocycles. The van der Waals surface area contributed by atoms with Crippen LogP contribution in [0.25, 0.3) is 0 Å². The number of carbonyl (C=O) groups is 1. The van der Waals surface area contributed by atoms with Crippen LogP contribution in [0.1, 0.15) is 65.6 Å². The van der Waals surface area contributed by atoms with Crippen molar-refractivity contribution in [3.63, 3.8) is 0 Å². The van der Waals surface area contributed by atoms with Crippen LogP contribution in [0.3, 0.4) is 0 Å². The van der Waals surface area contributed by atoms with Crippen molar-refractivity contribution in [1.29, 1.82) is 0 Å². The van der Waals surface area contributed by atoms with Gasteiger partial charge in [0, 0.05) is 32.7 Å². The van der Waals surface area contributed by atoms with Crippen molar-refractivity contribution in [2.24, 2.45) is 0 Å². The lowest BCUT2D eigenvalue weighted by molar-refractivity contribution is 0.0184. The van der Waals surface area contributed by atoms with Gasteiger partial charge in [0.15, 0.2) is 5.82 Å². The Morgan fingerprint density at radius 1 is 1.31 bits per heavy atom. The minimum atomic E-state index is -0.452. The van der Waals surface area contributed by atoms with E-state index in [4.69, 9.17) is 9.84 Å². The Hall–Kier alpha value is -1.03. The fourth-order valence-corrected chi connectivity index (χ4v) is 4.87. The summed E-state index contributed by atoms with van der Waals surface area (Å²) in [4.78, 5) is 16.7. The van der Waals surface area contributed by atoms with Crippen molar-refractivity contribution in [2.45, 2.75) is 78.0 Å². The van der Waals surface area contributed by atoms with E-state index < -0.39 is 5.60 Å². The summed E-state index contributed by atoms with van der Waals surface area (Å²) in [5.74, 6) is 1.11. The normalized spacial score (nSPS) is 24.1. The maximum Gasteiger partial charge on any atom is 0.410 e. The molecular formula is C21H36IN5O2. The van der Waals surface area contributed by atoms with Gasteiger partial charge < -0.3 is 19.9 Å². The molecule has 0 radical (unpaired) electrons. The number of carbonyl (C=O) groups excluding carboxylic acids is 1. The van der Waals surface area contributed by atoms with Gasteiger partial charge in [0.1, 0.15) is 5.60 Å². The molecule has 0 unspecified atom stereocenters. The smallest absolute Gasteiger partial charge is 0.410 e. The predicted molar refractivity (Wildman–Crippen MR) is 125 cm³/mol. The minimum Gasteiger partial charge on any atom is -0.444 e. The molecule has 1 aromatic heterocycles. The third kappa shape index (κ3) is 4.84. The van der Waals surface area contributed by atoms with Crippen LogP contribution in [-0.4, -0.2) is 64.6 Å². The van der Waals surface area contributed by atoms with E-state index in [1.165, 1.54) is 9.26 Å². The van der Waals surface area contributed by atoms with Crippen LogP contribution in [0.2, 0.25) is 0 Å². The number of hydrogen-bond donors (Lipinski definition) is 1. The van der Waals surface area contributed by atoms with Crippen LogP contribution in [0.15, 0.2) is 0 Å². The van der Waals surface area contributed by atoms with E-state index >= 15 is 0 Å². The van der Waals surface area contributed by atoms with Crippen molar-refractivity contribution in [2.75, 3.05) is 37.6 Å². The number of likely N-dealkylation sites (tertiary alicyclic amines) is 1. The lowest BCUT2D eigenvalue weighted by Crippen LogP contribution is -2.60. The van der Waals surface area contributed by atoms with Gasteiger partial charge in [-0.25, -0.2) is 4.79 Å². The second kappa shape index (κ2) is 8.61. The van der Waals surface area contributed by atoms with Gasteiger partial charge in [-0.05, 0) is 76.5 Å². The number of amides is 1. The molecule has 164 valence electrons. The van der Waals surface area contributed by atoms with Crippen molar-refractivity contribution in [3.8, 4) is 0 Å². The first kappa shape index (κ1) is 22.7. The summed E-state index contributed by atoms with van der Waals surface area (Å²) in [6.45, 7) is 16.9. The zero-order valence-electron chi connectivity index (χ0n) is 18.7. The van der Waals surface area contributed by atoms with Gasteiger partial charge >= 0.3 is 6.09 Å². The Labute approximate surface area is 188 Å². The summed E-state index contributed by atoms with van der Waals surface area (Å²) in [6.07, 6.45) is 2.69. The number of rotatable bonds is 3. The summed E-state index contributed by atoms with van der Waals surface area (Å²) in [5.41, 5.74) is 0.865. The molecule has 7 nitrogen and oxygen atoms in total. The molecule has 3 rings (SSSR count). The maximum atomic E-state index is 12.4. The van der Waals surface area contributed by atoms with Crippen LogP contribution in [0.5, 0.6) is 0 Å². The maximum absolute atomic E-state index is 12.4. The molecule has 2 aliphatic heterocycles. The molecule has 2 fully saturated rings. The molecule has 0 aliphatic carbocycles. The van der Waals surface area contributed by atoms with E-state index in [-0.39, 0.29) is 11.6 Å². The lowest BCUT2D eigenvalue weighted by atomic mass is 9.94. The zero-order chi connectivity index (χ0) is 21.4. The van der Waals surface area contributed by atoms with Gasteiger partial charge in [-0.2, -0.15) is 5.10 Å². The monoisotopic (exact) mass is 517 g/mol. The van der Waals surface area contributed by atoms with Crippen LogP contribution >= 0.6 is 22.6 Å². The summed E-state index contributed by atoms with van der Waals surface area (Å²) >= 11 is 2.46. The molecule has 29 heavy (non-hydrogen) atoms. The average Bonchev–Trinajstić information content (AvgIpc) is 2.96. The summed E-state index contributed by atoms with van der Waals surface area (Å²) in [7, 11) is 0. The molecule has 1 N–H and O–H groups in total. The molecule has 1 atom stereocenters. The van der Waals surface area contributed by atoms with E-state index in [1.807, 2.05) is 25.7 Å². The number of piperazine rings is 1. The van der Waals surface area contributed by atoms with Gasteiger partial charge in [-0.15, -0.1) is 0 Å². The molecule has 8 heteroatoms. The van der Waals surface area contributed by atoms with Gasteiger partial charge in [0.05, 0.1) is 20.8 Å². The SMILES string of the molecule is CC[C@@]1(C)CNCCN1c1nn(C2CCN(C(=O)OC(C)(C)C)CC2)c(C)c1I. The van der Waals surface area contributed by atoms with Gasteiger partial charge in [-0.1, -0.05) is 6.92 Å². The number of nitrogens with zero attached hydrogens (tertiary/aromatic N) is 4. The second-order valence-corrected chi connectivity index (χ2v) is 10.6. The highest BCUT2D eigenvalue weighted by molar-refractivity contribution is 14.1. The van der Waals surface area contributed by atoms with Crippen molar-refractivity contribution in [3.05, 3.63) is 9.26 Å². The Balaban J connectivity index is 1.73. The number of anilines is 1. The van der Waals surface area contributed by atoms with E-state index in [0.29, 0.717) is 19.1 Å². The Bertz CT molecular complexity index is 736. The molecule has 2 aliphatic rings. The summed E-state index contributed by atoms with van der Waals surface area (Å²) in [5, 5.41) is 8.64. The fourth-order valence-electron chi connectivity index (χ4n) is 4.22. The highest BCUT2D eigenvalue weighted by Crippen LogP contribution is 2.35. The topological polar surface area (TPSA) is 62.6 Å². The van der Waals surface area contributed by atoms with E-state index in [2.05, 4.69) is 58.3 Å².